The number of hydrogen-bond donors (Lipinski definition) is 1. The van der Waals surface area contributed by atoms with E-state index in [0.717, 1.165) is 13.0 Å². The molecule has 0 aliphatic carbocycles. The number of aliphatic carboxylic acids is 1. The first-order valence-electron chi connectivity index (χ1n) is 14.8. The normalized spacial score (nSPS) is 11.4. The third-order valence-corrected chi connectivity index (χ3v) is 5.22. The molecule has 0 aromatic carbocycles. The van der Waals surface area contributed by atoms with Gasteiger partial charge in [0.1, 0.15) is 6.61 Å². The first kappa shape index (κ1) is 39.1. The molecule has 0 spiro atoms. The zero-order valence-corrected chi connectivity index (χ0v) is 24.8. The van der Waals surface area contributed by atoms with Crippen LogP contribution in [-0.2, 0) is 52.2 Å². The topological polar surface area (TPSA) is 130 Å². The number of unbranched alkanes of at least 4 members (excludes halogenated alkanes) is 5. The van der Waals surface area contributed by atoms with Crippen molar-refractivity contribution in [3.05, 3.63) is 0 Å². The second-order valence-electron chi connectivity index (χ2n) is 8.73. The predicted molar refractivity (Wildman–Crippen MR) is 149 cm³/mol. The van der Waals surface area contributed by atoms with Crippen molar-refractivity contribution in [1.82, 2.24) is 0 Å². The van der Waals surface area contributed by atoms with E-state index in [0.29, 0.717) is 112 Å². The van der Waals surface area contributed by atoms with Crippen LogP contribution in [0.3, 0.4) is 0 Å². The lowest BCUT2D eigenvalue weighted by Crippen LogP contribution is -2.15. The molecule has 0 rings (SSSR count). The van der Waals surface area contributed by atoms with Crippen molar-refractivity contribution in [3.8, 4) is 0 Å². The van der Waals surface area contributed by atoms with E-state index >= 15 is 0 Å². The fourth-order valence-corrected chi connectivity index (χ4v) is 3.12. The average Bonchev–Trinajstić information content (AvgIpc) is 2.95. The second-order valence-corrected chi connectivity index (χ2v) is 8.73. The highest BCUT2D eigenvalue weighted by Crippen LogP contribution is 2.04. The molecular weight excluding hydrogens is 528 g/mol. The quantitative estimate of drug-likeness (QED) is 0.109. The number of rotatable bonds is 36. The highest BCUT2D eigenvalue weighted by atomic mass is 16.6. The average molecular weight is 585 g/mol. The highest BCUT2D eigenvalue weighted by molar-refractivity contribution is 5.67. The maximum absolute atomic E-state index is 10.3. The lowest BCUT2D eigenvalue weighted by atomic mass is 10.1. The number of carbonyl (C=O) groups is 1. The van der Waals surface area contributed by atoms with Crippen LogP contribution in [0.4, 0.5) is 0 Å². The molecule has 40 heavy (non-hydrogen) atoms. The van der Waals surface area contributed by atoms with Gasteiger partial charge in [-0.15, -0.1) is 0 Å². The van der Waals surface area contributed by atoms with E-state index in [1.807, 2.05) is 0 Å². The van der Waals surface area contributed by atoms with Gasteiger partial charge in [0, 0.05) is 6.61 Å². The van der Waals surface area contributed by atoms with Gasteiger partial charge in [0.15, 0.2) is 0 Å². The van der Waals surface area contributed by atoms with Gasteiger partial charge >= 0.3 is 5.97 Å². The molecule has 0 fully saturated rings. The molecule has 0 aromatic rings. The molecule has 240 valence electrons. The fraction of sp³-hybridized carbons (Fsp3) is 0.964. The van der Waals surface area contributed by atoms with Crippen molar-refractivity contribution in [2.75, 3.05) is 132 Å². The van der Waals surface area contributed by atoms with Gasteiger partial charge in [-0.3, -0.25) is 0 Å². The Balaban J connectivity index is 3.03. The largest absolute Gasteiger partial charge is 0.480 e. The smallest absolute Gasteiger partial charge is 0.329 e. The lowest BCUT2D eigenvalue weighted by molar-refractivity contribution is -0.142. The summed E-state index contributed by atoms with van der Waals surface area (Å²) in [6.07, 6.45) is 7.66. The summed E-state index contributed by atoms with van der Waals surface area (Å²) in [5, 5.41) is 8.41. The van der Waals surface area contributed by atoms with Crippen molar-refractivity contribution in [3.63, 3.8) is 0 Å². The molecule has 12 nitrogen and oxygen atoms in total. The monoisotopic (exact) mass is 584 g/mol. The molecule has 12 heteroatoms. The van der Waals surface area contributed by atoms with Crippen LogP contribution >= 0.6 is 0 Å². The highest BCUT2D eigenvalue weighted by Gasteiger charge is 1.97. The van der Waals surface area contributed by atoms with Crippen LogP contribution in [0.5, 0.6) is 0 Å². The summed E-state index contributed by atoms with van der Waals surface area (Å²) >= 11 is 0. The maximum Gasteiger partial charge on any atom is 0.329 e. The van der Waals surface area contributed by atoms with Crippen molar-refractivity contribution < 1.29 is 57.3 Å². The number of hydrogen-bond acceptors (Lipinski definition) is 11. The molecule has 0 saturated carbocycles. The number of carboxylic acids is 1. The summed E-state index contributed by atoms with van der Waals surface area (Å²) < 4.78 is 53.8. The summed E-state index contributed by atoms with van der Waals surface area (Å²) in [6.45, 7) is 11.6. The molecule has 1 N–H and O–H groups in total. The molecule has 0 amide bonds. The van der Waals surface area contributed by atoms with Gasteiger partial charge < -0.3 is 52.5 Å². The van der Waals surface area contributed by atoms with E-state index in [1.54, 1.807) is 0 Å². The molecular formula is C28H56O12. The Labute approximate surface area is 241 Å². The van der Waals surface area contributed by atoms with Crippen LogP contribution in [0.15, 0.2) is 0 Å². The van der Waals surface area contributed by atoms with Gasteiger partial charge in [-0.2, -0.15) is 0 Å². The Morgan fingerprint density at radius 3 is 0.925 bits per heavy atom. The summed E-state index contributed by atoms with van der Waals surface area (Å²) in [6, 6.07) is 0. The SMILES string of the molecule is CCCCCCCCOCCOCCOCCOCCOCCOCCOCCOCCOCCOCC(=O)O. The first-order valence-corrected chi connectivity index (χ1v) is 14.8. The molecule has 0 aromatic heterocycles. The lowest BCUT2D eigenvalue weighted by Gasteiger charge is -2.09. The molecule has 0 atom stereocenters. The molecule has 0 saturated heterocycles. The molecule has 0 bridgehead atoms. The molecule has 0 unspecified atom stereocenters. The van der Waals surface area contributed by atoms with Crippen LogP contribution in [-0.4, -0.2) is 143 Å². The van der Waals surface area contributed by atoms with E-state index in [2.05, 4.69) is 6.92 Å². The summed E-state index contributed by atoms with van der Waals surface area (Å²) in [5.74, 6) is -0.992. The standard InChI is InChI=1S/C28H56O12/c1-2-3-4-5-6-7-8-31-9-10-32-11-12-33-13-14-34-15-16-35-17-18-36-19-20-37-21-22-38-23-24-39-25-26-40-27-28(29)30/h2-27H2,1H3,(H,29,30). The summed E-state index contributed by atoms with van der Waals surface area (Å²) in [4.78, 5) is 10.3. The van der Waals surface area contributed by atoms with Gasteiger partial charge in [0.2, 0.25) is 0 Å². The Bertz CT molecular complexity index is 484. The molecule has 0 aliphatic rings. The van der Waals surface area contributed by atoms with Crippen LogP contribution < -0.4 is 0 Å². The third kappa shape index (κ3) is 37.1. The van der Waals surface area contributed by atoms with Crippen molar-refractivity contribution >= 4 is 5.97 Å². The van der Waals surface area contributed by atoms with Crippen molar-refractivity contribution in [2.45, 2.75) is 45.4 Å². The van der Waals surface area contributed by atoms with Crippen molar-refractivity contribution in [2.24, 2.45) is 0 Å². The number of carboxylic acid groups (broad SMARTS) is 1. The minimum absolute atomic E-state index is 0.247. The van der Waals surface area contributed by atoms with Crippen LogP contribution in [0, 0.1) is 0 Å². The minimum Gasteiger partial charge on any atom is -0.480 e. The molecule has 0 aliphatic heterocycles. The molecule has 0 heterocycles. The van der Waals surface area contributed by atoms with Crippen LogP contribution in [0.2, 0.25) is 0 Å². The van der Waals surface area contributed by atoms with E-state index in [1.165, 1.54) is 32.1 Å². The van der Waals surface area contributed by atoms with Gasteiger partial charge in [0.25, 0.3) is 0 Å². The van der Waals surface area contributed by atoms with Crippen molar-refractivity contribution in [1.29, 1.82) is 0 Å². The Kier molecular flexibility index (Phi) is 35.3. The summed E-state index contributed by atoms with van der Waals surface area (Å²) in [5.41, 5.74) is 0. The van der Waals surface area contributed by atoms with E-state index in [9.17, 15) is 4.79 Å². The Hall–Kier alpha value is -0.930. The zero-order chi connectivity index (χ0) is 29.0. The fourth-order valence-electron chi connectivity index (χ4n) is 3.12. The molecule has 0 radical (unpaired) electrons. The second kappa shape index (κ2) is 36.1. The van der Waals surface area contributed by atoms with Gasteiger partial charge in [-0.05, 0) is 6.42 Å². The Morgan fingerprint density at radius 1 is 0.375 bits per heavy atom. The zero-order valence-electron chi connectivity index (χ0n) is 24.8. The van der Waals surface area contributed by atoms with Gasteiger partial charge in [-0.1, -0.05) is 39.0 Å². The summed E-state index contributed by atoms with van der Waals surface area (Å²) in [7, 11) is 0. The van der Waals surface area contributed by atoms with Crippen LogP contribution in [0.25, 0.3) is 0 Å². The van der Waals surface area contributed by atoms with E-state index in [-0.39, 0.29) is 13.2 Å². The Morgan fingerprint density at radius 2 is 0.625 bits per heavy atom. The predicted octanol–water partition coefficient (Wildman–Crippen LogP) is 2.60. The number of ether oxygens (including phenoxy) is 10. The van der Waals surface area contributed by atoms with Crippen LogP contribution in [0.1, 0.15) is 45.4 Å². The van der Waals surface area contributed by atoms with E-state index < -0.39 is 5.97 Å². The maximum atomic E-state index is 10.3. The van der Waals surface area contributed by atoms with E-state index in [4.69, 9.17) is 52.5 Å². The third-order valence-electron chi connectivity index (χ3n) is 5.22. The first-order chi connectivity index (χ1) is 19.8. The minimum atomic E-state index is -0.992. The van der Waals surface area contributed by atoms with Gasteiger partial charge in [0.05, 0.1) is 119 Å². The van der Waals surface area contributed by atoms with Gasteiger partial charge in [-0.25, -0.2) is 4.79 Å².